The summed E-state index contributed by atoms with van der Waals surface area (Å²) in [4.78, 5) is 15.3. The fourth-order valence-electron chi connectivity index (χ4n) is 1.23. The summed E-state index contributed by atoms with van der Waals surface area (Å²) in [6, 6.07) is 8.47. The number of rotatable bonds is 4. The summed E-state index contributed by atoms with van der Waals surface area (Å²) < 4.78 is 25.0. The molecule has 0 aliphatic heterocycles. The molecular formula is C12H13F2N3O. The van der Waals surface area contributed by atoms with Crippen LogP contribution in [0.1, 0.15) is 0 Å². The van der Waals surface area contributed by atoms with Crippen LogP contribution in [0.2, 0.25) is 0 Å². The number of amides is 1. The Morgan fingerprint density at radius 1 is 1.39 bits per heavy atom. The minimum atomic E-state index is -2.90. The molecule has 0 fully saturated rings. The zero-order valence-corrected chi connectivity index (χ0v) is 9.73. The van der Waals surface area contributed by atoms with E-state index in [0.717, 1.165) is 6.21 Å². The zero-order valence-electron chi connectivity index (χ0n) is 9.73. The Bertz CT molecular complexity index is 469. The van der Waals surface area contributed by atoms with Crippen LogP contribution in [0.3, 0.4) is 0 Å². The van der Waals surface area contributed by atoms with Crippen molar-refractivity contribution in [3.63, 3.8) is 0 Å². The molecule has 1 aromatic carbocycles. The lowest BCUT2D eigenvalue weighted by atomic mass is 10.2. The van der Waals surface area contributed by atoms with Crippen molar-refractivity contribution in [2.45, 2.75) is 6.43 Å². The van der Waals surface area contributed by atoms with Crippen LogP contribution < -0.4 is 11.1 Å². The molecule has 0 heterocycles. The number of nitrogens with two attached hydrogens (primary N) is 1. The number of anilines is 1. The lowest BCUT2D eigenvalue weighted by molar-refractivity contribution is -0.112. The highest BCUT2D eigenvalue weighted by Crippen LogP contribution is 2.11. The van der Waals surface area contributed by atoms with Crippen molar-refractivity contribution in [2.24, 2.45) is 10.7 Å². The Hall–Kier alpha value is -2.24. The van der Waals surface area contributed by atoms with Gasteiger partial charge in [0.1, 0.15) is 0 Å². The van der Waals surface area contributed by atoms with E-state index >= 15 is 0 Å². The van der Waals surface area contributed by atoms with Crippen LogP contribution in [-0.2, 0) is 4.79 Å². The lowest BCUT2D eigenvalue weighted by Crippen LogP contribution is -2.22. The molecule has 1 aromatic rings. The number of para-hydroxylation sites is 1. The number of nitrogens with one attached hydrogen (secondary N) is 1. The number of carbonyl (C=O) groups is 1. The highest BCUT2D eigenvalue weighted by atomic mass is 19.3. The maximum absolute atomic E-state index is 12.5. The molecule has 4 nitrogen and oxygen atoms in total. The maximum Gasteiger partial charge on any atom is 0.278 e. The summed E-state index contributed by atoms with van der Waals surface area (Å²) in [5, 5.41) is 2.46. The smallest absolute Gasteiger partial charge is 0.278 e. The zero-order chi connectivity index (χ0) is 13.5. The molecule has 0 radical (unpaired) electrons. The van der Waals surface area contributed by atoms with Gasteiger partial charge in [-0.15, -0.1) is 0 Å². The largest absolute Gasteiger partial charge is 0.397 e. The van der Waals surface area contributed by atoms with Gasteiger partial charge >= 0.3 is 0 Å². The van der Waals surface area contributed by atoms with Crippen molar-refractivity contribution < 1.29 is 13.6 Å². The molecule has 0 saturated heterocycles. The average molecular weight is 253 g/mol. The maximum atomic E-state index is 12.5. The molecule has 1 rings (SSSR count). The van der Waals surface area contributed by atoms with Gasteiger partial charge in [-0.05, 0) is 12.1 Å². The summed E-state index contributed by atoms with van der Waals surface area (Å²) in [5.41, 5.74) is 4.54. The van der Waals surface area contributed by atoms with Gasteiger partial charge in [-0.25, -0.2) is 8.78 Å². The van der Waals surface area contributed by atoms with E-state index in [1.807, 2.05) is 0 Å². The van der Waals surface area contributed by atoms with Gasteiger partial charge in [0.05, 0.1) is 11.3 Å². The van der Waals surface area contributed by atoms with Crippen LogP contribution in [0.4, 0.5) is 14.5 Å². The molecule has 0 unspecified atom stereocenters. The molecule has 0 atom stereocenters. The molecule has 1 amide bonds. The molecule has 6 heteroatoms. The van der Waals surface area contributed by atoms with Crippen LogP contribution in [0.25, 0.3) is 0 Å². The first kappa shape index (κ1) is 13.8. The molecule has 0 spiro atoms. The highest BCUT2D eigenvalue weighted by molar-refractivity contribution is 6.18. The second-order valence-electron chi connectivity index (χ2n) is 3.38. The number of hydrogen-bond donors (Lipinski definition) is 2. The summed E-state index contributed by atoms with van der Waals surface area (Å²) in [5.74, 6) is -0.718. The predicted octanol–water partition coefficient (Wildman–Crippen LogP) is 1.80. The van der Waals surface area contributed by atoms with E-state index in [2.05, 4.69) is 10.3 Å². The number of benzene rings is 1. The second-order valence-corrected chi connectivity index (χ2v) is 3.38. The monoisotopic (exact) mass is 253 g/mol. The van der Waals surface area contributed by atoms with Crippen LogP contribution in [0.15, 0.2) is 46.6 Å². The van der Waals surface area contributed by atoms with Gasteiger partial charge < -0.3 is 11.1 Å². The molecule has 0 bridgehead atoms. The number of alkyl halides is 2. The third-order valence-electron chi connectivity index (χ3n) is 2.08. The number of halogens is 2. The third-order valence-corrected chi connectivity index (χ3v) is 2.08. The second kappa shape index (κ2) is 6.48. The fourth-order valence-corrected chi connectivity index (χ4v) is 1.23. The van der Waals surface area contributed by atoms with Crippen molar-refractivity contribution in [3.8, 4) is 0 Å². The normalized spacial score (nSPS) is 12.7. The minimum absolute atomic E-state index is 0.337. The van der Waals surface area contributed by atoms with Crippen molar-refractivity contribution in [1.29, 1.82) is 0 Å². The van der Waals surface area contributed by atoms with E-state index in [1.54, 1.807) is 30.3 Å². The van der Waals surface area contributed by atoms with Gasteiger partial charge in [0.15, 0.2) is 0 Å². The molecule has 0 aliphatic carbocycles. The Balaban J connectivity index is 2.95. The minimum Gasteiger partial charge on any atom is -0.397 e. The van der Waals surface area contributed by atoms with Crippen LogP contribution in [-0.4, -0.2) is 25.6 Å². The van der Waals surface area contributed by atoms with E-state index < -0.39 is 18.0 Å². The summed E-state index contributed by atoms with van der Waals surface area (Å²) in [7, 11) is 1.37. The van der Waals surface area contributed by atoms with Crippen molar-refractivity contribution in [1.82, 2.24) is 0 Å². The molecule has 3 N–H and O–H groups in total. The summed E-state index contributed by atoms with van der Waals surface area (Å²) in [6.45, 7) is 0. The molecule has 0 saturated carbocycles. The SMILES string of the molecule is CN=CC(C(=O)Nc1ccccc1)=C(N)C(F)F. The Morgan fingerprint density at radius 2 is 2.00 bits per heavy atom. The number of aliphatic imine (C=N–C) groups is 1. The Labute approximate surface area is 103 Å². The first-order valence-electron chi connectivity index (χ1n) is 5.12. The topological polar surface area (TPSA) is 67.5 Å². The van der Waals surface area contributed by atoms with E-state index in [4.69, 9.17) is 5.73 Å². The van der Waals surface area contributed by atoms with Crippen molar-refractivity contribution in [3.05, 3.63) is 41.6 Å². The number of carbonyl (C=O) groups excluding carboxylic acids is 1. The summed E-state index contributed by atoms with van der Waals surface area (Å²) >= 11 is 0. The number of hydrogen-bond acceptors (Lipinski definition) is 3. The van der Waals surface area contributed by atoms with Gasteiger partial charge in [-0.1, -0.05) is 18.2 Å². The van der Waals surface area contributed by atoms with Crippen LogP contribution in [0.5, 0.6) is 0 Å². The van der Waals surface area contributed by atoms with E-state index in [0.29, 0.717) is 5.69 Å². The van der Waals surface area contributed by atoms with E-state index in [-0.39, 0.29) is 5.57 Å². The Morgan fingerprint density at radius 3 is 2.50 bits per heavy atom. The average Bonchev–Trinajstić information content (AvgIpc) is 2.36. The van der Waals surface area contributed by atoms with Gasteiger partial charge in [-0.2, -0.15) is 0 Å². The third kappa shape index (κ3) is 3.65. The van der Waals surface area contributed by atoms with E-state index in [9.17, 15) is 13.6 Å². The first-order valence-corrected chi connectivity index (χ1v) is 5.12. The van der Waals surface area contributed by atoms with Gasteiger partial charge in [0, 0.05) is 18.9 Å². The lowest BCUT2D eigenvalue weighted by Gasteiger charge is -2.08. The fraction of sp³-hybridized carbons (Fsp3) is 0.167. The number of allylic oxidation sites excluding steroid dienone is 1. The predicted molar refractivity (Wildman–Crippen MR) is 66.7 cm³/mol. The molecule has 96 valence electrons. The van der Waals surface area contributed by atoms with Gasteiger partial charge in [-0.3, -0.25) is 9.79 Å². The van der Waals surface area contributed by atoms with E-state index in [1.165, 1.54) is 7.05 Å². The quantitative estimate of drug-likeness (QED) is 0.634. The standard InChI is InChI=1S/C12H13F2N3O/c1-16-7-9(10(15)11(13)14)12(18)17-8-5-3-2-4-6-8/h2-7,11H,15H2,1H3,(H,17,18). The van der Waals surface area contributed by atoms with Gasteiger partial charge in [0.2, 0.25) is 0 Å². The van der Waals surface area contributed by atoms with Crippen LogP contribution >= 0.6 is 0 Å². The molecule has 18 heavy (non-hydrogen) atoms. The van der Waals surface area contributed by atoms with Crippen molar-refractivity contribution in [2.75, 3.05) is 12.4 Å². The molecule has 0 aromatic heterocycles. The van der Waals surface area contributed by atoms with Gasteiger partial charge in [0.25, 0.3) is 12.3 Å². The number of nitrogens with zero attached hydrogens (tertiary/aromatic N) is 1. The molecular weight excluding hydrogens is 240 g/mol. The van der Waals surface area contributed by atoms with Crippen molar-refractivity contribution >= 4 is 17.8 Å². The molecule has 0 aliphatic rings. The first-order chi connectivity index (χ1) is 8.56. The Kier molecular flexibility index (Phi) is 4.98. The summed E-state index contributed by atoms with van der Waals surface area (Å²) in [6.07, 6.45) is -1.89. The van der Waals surface area contributed by atoms with Crippen LogP contribution in [0, 0.1) is 0 Å². The highest BCUT2D eigenvalue weighted by Gasteiger charge is 2.18.